The van der Waals surface area contributed by atoms with Gasteiger partial charge in [-0.25, -0.2) is 25.3 Å². The molecule has 3 heterocycles. The first-order valence-corrected chi connectivity index (χ1v) is 33.9. The lowest BCUT2D eigenvalue weighted by atomic mass is 10.1. The lowest BCUT2D eigenvalue weighted by Crippen LogP contribution is -2.14. The number of aromatic nitrogens is 3. The molecule has 96 heavy (non-hydrogen) atoms. The molecule has 0 aliphatic rings. The van der Waals surface area contributed by atoms with Crippen molar-refractivity contribution in [3.05, 3.63) is 283 Å². The first-order valence-electron chi connectivity index (χ1n) is 29.4. The fourth-order valence-corrected chi connectivity index (χ4v) is 13.6. The zero-order chi connectivity index (χ0) is 68.0. The van der Waals surface area contributed by atoms with Crippen molar-refractivity contribution in [2.45, 2.75) is 41.4 Å². The molecule has 0 unspecified atom stereocenters. The van der Waals surface area contributed by atoms with Crippen molar-refractivity contribution in [2.24, 2.45) is 11.5 Å². The maximum atomic E-state index is 13.3. The van der Waals surface area contributed by atoms with Crippen molar-refractivity contribution in [3.8, 4) is 17.2 Å². The molecule has 7 N–H and O–H groups in total. The smallest absolute Gasteiger partial charge is 0.262 e. The monoisotopic (exact) mass is 1340 g/mol. The zero-order valence-electron chi connectivity index (χ0n) is 51.9. The molecule has 0 spiro atoms. The number of carbonyl (C=O) groups excluding carboxylic acids is 3. The number of nitrogens with two attached hydrogens (primary N) is 2. The average molecular weight is 1340 g/mol. The molecular formula is C72H63N9O12S3. The highest BCUT2D eigenvalue weighted by molar-refractivity contribution is 7.93. The Bertz CT molecular complexity index is 5220. The van der Waals surface area contributed by atoms with E-state index in [-0.39, 0.29) is 51.4 Å². The van der Waals surface area contributed by atoms with Crippen LogP contribution in [0.4, 0.5) is 22.7 Å². The largest absolute Gasteiger partial charge is 0.487 e. The highest BCUT2D eigenvalue weighted by Crippen LogP contribution is 2.32. The van der Waals surface area contributed by atoms with Gasteiger partial charge in [-0.3, -0.25) is 43.5 Å². The number of hydrogen-bond donors (Lipinski definition) is 5. The molecule has 0 saturated carbocycles. The third-order valence-corrected chi connectivity index (χ3v) is 18.8. The number of sulfonamides is 3. The van der Waals surface area contributed by atoms with Gasteiger partial charge in [0, 0.05) is 77.2 Å². The number of amides is 2. The molecule has 12 aromatic rings. The van der Waals surface area contributed by atoms with Crippen LogP contribution in [-0.2, 0) is 49.9 Å². The van der Waals surface area contributed by atoms with Crippen LogP contribution in [0.5, 0.6) is 17.2 Å². The number of ether oxygens (including phenoxy) is 3. The summed E-state index contributed by atoms with van der Waals surface area (Å²) < 4.78 is 103. The zero-order valence-corrected chi connectivity index (χ0v) is 54.3. The van der Waals surface area contributed by atoms with Gasteiger partial charge in [0.15, 0.2) is 5.78 Å². The summed E-state index contributed by atoms with van der Waals surface area (Å²) in [6.45, 7) is 1.98. The molecule has 0 fully saturated rings. The average Bonchev–Trinajstić information content (AvgIpc) is 0.799. The highest BCUT2D eigenvalue weighted by atomic mass is 32.2. The molecular weight excluding hydrogens is 1280 g/mol. The number of Topliss-reactive ketones (excluding diaryl/α,β-unsaturated/α-hetero) is 1. The van der Waals surface area contributed by atoms with Crippen LogP contribution in [0.1, 0.15) is 54.7 Å². The van der Waals surface area contributed by atoms with Gasteiger partial charge in [-0.2, -0.15) is 0 Å². The second-order valence-corrected chi connectivity index (χ2v) is 26.8. The van der Waals surface area contributed by atoms with Crippen LogP contribution in [0.2, 0.25) is 0 Å². The van der Waals surface area contributed by atoms with Gasteiger partial charge in [0.25, 0.3) is 30.1 Å². The number of rotatable bonds is 22. The lowest BCUT2D eigenvalue weighted by Gasteiger charge is -2.17. The van der Waals surface area contributed by atoms with E-state index in [1.807, 2.05) is 91.8 Å². The molecule has 24 heteroatoms. The molecule has 21 nitrogen and oxygen atoms in total. The molecule has 0 atom stereocenters. The number of ketones is 1. The molecule has 486 valence electrons. The van der Waals surface area contributed by atoms with Crippen molar-refractivity contribution in [1.29, 1.82) is 0 Å². The van der Waals surface area contributed by atoms with E-state index in [2.05, 4.69) is 29.1 Å². The predicted molar refractivity (Wildman–Crippen MR) is 371 cm³/mol. The Hall–Kier alpha value is -11.7. The van der Waals surface area contributed by atoms with Gasteiger partial charge < -0.3 is 30.6 Å². The topological polar surface area (TPSA) is 311 Å². The van der Waals surface area contributed by atoms with Crippen LogP contribution in [0.25, 0.3) is 32.3 Å². The summed E-state index contributed by atoms with van der Waals surface area (Å²) in [5, 5.41) is 4.82. The molecule has 0 bridgehead atoms. The van der Waals surface area contributed by atoms with Crippen LogP contribution in [0, 0.1) is 0 Å². The first kappa shape index (κ1) is 67.2. The van der Waals surface area contributed by atoms with E-state index in [4.69, 9.17) is 25.7 Å². The molecule has 0 aliphatic heterocycles. The van der Waals surface area contributed by atoms with Gasteiger partial charge in [-0.05, 0) is 125 Å². The summed E-state index contributed by atoms with van der Waals surface area (Å²) in [5.41, 5.74) is 15.9. The summed E-state index contributed by atoms with van der Waals surface area (Å²) in [6.07, 6.45) is 8.67. The fourth-order valence-electron chi connectivity index (χ4n) is 9.92. The number of nitrogens with one attached hydrogen (secondary N) is 3. The Morgan fingerprint density at radius 2 is 0.792 bits per heavy atom. The minimum atomic E-state index is -3.84. The van der Waals surface area contributed by atoms with Gasteiger partial charge in [0.05, 0.1) is 44.4 Å². The van der Waals surface area contributed by atoms with E-state index in [9.17, 15) is 39.6 Å². The van der Waals surface area contributed by atoms with E-state index in [0.717, 1.165) is 43.9 Å². The maximum Gasteiger partial charge on any atom is 0.262 e. The Kier molecular flexibility index (Phi) is 20.9. The van der Waals surface area contributed by atoms with Crippen molar-refractivity contribution in [1.82, 2.24) is 15.0 Å². The van der Waals surface area contributed by atoms with Gasteiger partial charge in [-0.15, -0.1) is 0 Å². The predicted octanol–water partition coefficient (Wildman–Crippen LogP) is 12.3. The van der Waals surface area contributed by atoms with Gasteiger partial charge in [0.2, 0.25) is 11.8 Å². The summed E-state index contributed by atoms with van der Waals surface area (Å²) in [5.74, 6) is -0.0473. The van der Waals surface area contributed by atoms with Crippen molar-refractivity contribution < 1.29 is 53.8 Å². The number of nitrogens with zero attached hydrogens (tertiary/aromatic N) is 4. The Labute approximate surface area is 554 Å². The van der Waals surface area contributed by atoms with Crippen LogP contribution < -0.4 is 44.7 Å². The normalized spacial score (nSPS) is 11.2. The number of primary amides is 2. The van der Waals surface area contributed by atoms with Crippen LogP contribution in [0.3, 0.4) is 0 Å². The Morgan fingerprint density at radius 1 is 0.396 bits per heavy atom. The number of pyridine rings is 3. The molecule has 0 radical (unpaired) electrons. The second kappa shape index (κ2) is 29.9. The van der Waals surface area contributed by atoms with E-state index in [1.165, 1.54) is 56.2 Å². The van der Waals surface area contributed by atoms with Gasteiger partial charge in [-0.1, -0.05) is 127 Å². The van der Waals surface area contributed by atoms with E-state index >= 15 is 0 Å². The first-order chi connectivity index (χ1) is 46.1. The summed E-state index contributed by atoms with van der Waals surface area (Å²) in [6, 6.07) is 61.4. The number of hydrogen-bond acceptors (Lipinski definition) is 16. The fraction of sp³-hybridized carbons (Fsp3) is 0.0833. The molecule has 0 aliphatic carbocycles. The van der Waals surface area contributed by atoms with Crippen molar-refractivity contribution in [2.75, 3.05) is 33.2 Å². The Morgan fingerprint density at radius 3 is 1.29 bits per heavy atom. The highest BCUT2D eigenvalue weighted by Gasteiger charge is 2.21. The molecule has 3 aromatic heterocycles. The summed E-state index contributed by atoms with van der Waals surface area (Å²) in [4.78, 5) is 48.5. The lowest BCUT2D eigenvalue weighted by molar-refractivity contribution is 0.0991. The third-order valence-electron chi connectivity index (χ3n) is 14.6. The van der Waals surface area contributed by atoms with Crippen molar-refractivity contribution in [3.63, 3.8) is 0 Å². The van der Waals surface area contributed by atoms with E-state index in [1.54, 1.807) is 127 Å². The second-order valence-electron chi connectivity index (χ2n) is 21.8. The quantitative estimate of drug-likeness (QED) is 0.0394. The van der Waals surface area contributed by atoms with Crippen LogP contribution in [-0.4, -0.2) is 71.9 Å². The number of fused-ring (bicyclic) bond motifs is 3. The number of anilines is 4. The maximum absolute atomic E-state index is 13.3. The SMILES string of the molecule is CC(=O)c1cncc(OCc2cccc(NS(=O)(=O)c3cccc4c(N(C)C)cccc34)c2)c1.NC(=O)c1cncc(OCc2cccc(NS(=O)(=O)c3ccc4ccccc4c3)c2)c1.NC(=O)c1cncc(OCc2cccc(NS(=O)(=O)c3cccc4ccccc34)c2)c1. The van der Waals surface area contributed by atoms with Crippen LogP contribution in [0.15, 0.2) is 264 Å². The number of carbonyl (C=O) groups is 3. The molecule has 12 rings (SSSR count). The third kappa shape index (κ3) is 17.3. The minimum Gasteiger partial charge on any atom is -0.487 e. The summed E-state index contributed by atoms with van der Waals surface area (Å²) in [7, 11) is -7.54. The summed E-state index contributed by atoms with van der Waals surface area (Å²) >= 11 is 0. The van der Waals surface area contributed by atoms with Crippen molar-refractivity contribution >= 4 is 103 Å². The van der Waals surface area contributed by atoms with E-state index < -0.39 is 41.9 Å². The van der Waals surface area contributed by atoms with Gasteiger partial charge in [0.1, 0.15) is 37.1 Å². The van der Waals surface area contributed by atoms with Gasteiger partial charge >= 0.3 is 0 Å². The van der Waals surface area contributed by atoms with Crippen LogP contribution >= 0.6 is 0 Å². The Balaban J connectivity index is 0.000000157. The molecule has 0 saturated heterocycles. The standard InChI is InChI=1S/C26H25N3O4S.2C23H19N3O4S/c1-18(30)20-14-22(16-27-15-20)33-17-19-7-4-8-21(13-19)28-34(31,32)26-12-6-9-23-24(26)10-5-11-25(23)29(2)3;24-23(27)18-12-20(14-25-13-18)30-15-16-5-3-8-19(11-16)26-31(28,29)22-10-4-7-17-6-1-2-9-21(17)22;24-23(27)19-11-21(14-25-13-19)30-15-16-4-3-7-20(10-16)26-31(28,29)22-9-8-17-5-1-2-6-18(17)12-22/h4-16,28H,17H2,1-3H3;2*1-14,26H,15H2,(H2,24,27). The molecule has 2 amide bonds. The molecule has 9 aromatic carbocycles. The van der Waals surface area contributed by atoms with E-state index in [0.29, 0.717) is 50.6 Å². The number of benzene rings is 9. The minimum absolute atomic E-state index is 0.0968.